The summed E-state index contributed by atoms with van der Waals surface area (Å²) < 4.78 is 5.27. The lowest BCUT2D eigenvalue weighted by Gasteiger charge is -2.33. The van der Waals surface area contributed by atoms with Crippen molar-refractivity contribution < 1.29 is 19.1 Å². The molecule has 7 nitrogen and oxygen atoms in total. The Balaban J connectivity index is 1.62. The number of nitrogens with one attached hydrogen (secondary N) is 2. The fourth-order valence-corrected chi connectivity index (χ4v) is 4.23. The molecule has 0 fully saturated rings. The number of nitrogens with zero attached hydrogens (tertiary/aromatic N) is 1. The highest BCUT2D eigenvalue weighted by Crippen LogP contribution is 2.36. The minimum Gasteiger partial charge on any atom is -0.456 e. The van der Waals surface area contributed by atoms with Gasteiger partial charge in [0.1, 0.15) is 13.2 Å². The lowest BCUT2D eigenvalue weighted by Crippen LogP contribution is -2.49. The van der Waals surface area contributed by atoms with Gasteiger partial charge in [-0.1, -0.05) is 55.8 Å². The Kier molecular flexibility index (Phi) is 5.74. The van der Waals surface area contributed by atoms with Gasteiger partial charge in [-0.3, -0.25) is 9.69 Å². The van der Waals surface area contributed by atoms with Crippen molar-refractivity contribution in [3.8, 4) is 0 Å². The number of hydrogen-bond acceptors (Lipinski definition) is 4. The molecule has 32 heavy (non-hydrogen) atoms. The van der Waals surface area contributed by atoms with Crippen LogP contribution >= 0.6 is 0 Å². The second-order valence-electron chi connectivity index (χ2n) is 8.56. The molecule has 0 spiro atoms. The van der Waals surface area contributed by atoms with E-state index in [1.807, 2.05) is 56.3 Å². The lowest BCUT2D eigenvalue weighted by molar-refractivity contribution is -0.136. The third kappa shape index (κ3) is 3.98. The smallest absolute Gasteiger partial charge is 0.338 e. The van der Waals surface area contributed by atoms with E-state index in [-0.39, 0.29) is 25.0 Å². The van der Waals surface area contributed by atoms with E-state index < -0.39 is 18.0 Å². The predicted octanol–water partition coefficient (Wildman–Crippen LogP) is 3.94. The number of rotatable bonds is 5. The van der Waals surface area contributed by atoms with E-state index in [2.05, 4.69) is 24.5 Å². The Morgan fingerprint density at radius 3 is 2.69 bits per heavy atom. The summed E-state index contributed by atoms with van der Waals surface area (Å²) in [4.78, 5) is 39.7. The summed E-state index contributed by atoms with van der Waals surface area (Å²) in [5.74, 6) is -0.579. The van der Waals surface area contributed by atoms with Crippen molar-refractivity contribution in [2.24, 2.45) is 0 Å². The van der Waals surface area contributed by atoms with Gasteiger partial charge in [0.2, 0.25) is 5.91 Å². The van der Waals surface area contributed by atoms with Crippen molar-refractivity contribution in [3.05, 3.63) is 76.0 Å². The van der Waals surface area contributed by atoms with Gasteiger partial charge in [-0.15, -0.1) is 0 Å². The van der Waals surface area contributed by atoms with E-state index in [1.54, 1.807) is 0 Å². The van der Waals surface area contributed by atoms with Gasteiger partial charge in [-0.05, 0) is 42.5 Å². The normalized spacial score (nSPS) is 17.9. The van der Waals surface area contributed by atoms with Crippen LogP contribution in [-0.4, -0.2) is 36.0 Å². The minimum atomic E-state index is -0.603. The molecule has 0 saturated carbocycles. The molecule has 0 radical (unpaired) electrons. The van der Waals surface area contributed by atoms with Gasteiger partial charge in [0.15, 0.2) is 0 Å². The van der Waals surface area contributed by atoms with Crippen LogP contribution < -0.4 is 10.6 Å². The van der Waals surface area contributed by atoms with E-state index in [1.165, 1.54) is 4.90 Å². The molecule has 2 aromatic carbocycles. The number of aryl methyl sites for hydroxylation is 2. The molecular formula is C25H27N3O4. The van der Waals surface area contributed by atoms with Crippen LogP contribution in [0.3, 0.4) is 0 Å². The van der Waals surface area contributed by atoms with Crippen molar-refractivity contribution in [2.75, 3.05) is 18.5 Å². The Hall–Kier alpha value is -3.61. The Bertz CT molecular complexity index is 1140. The molecule has 2 N–H and O–H groups in total. The second-order valence-corrected chi connectivity index (χ2v) is 8.56. The van der Waals surface area contributed by atoms with Crippen LogP contribution in [-0.2, 0) is 14.3 Å². The third-order valence-corrected chi connectivity index (χ3v) is 5.90. The largest absolute Gasteiger partial charge is 0.456 e. The molecule has 0 bridgehead atoms. The quantitative estimate of drug-likeness (QED) is 0.699. The zero-order valence-electron chi connectivity index (χ0n) is 18.7. The van der Waals surface area contributed by atoms with Crippen molar-refractivity contribution in [1.82, 2.24) is 10.2 Å². The molecule has 2 heterocycles. The first-order valence-electron chi connectivity index (χ1n) is 10.7. The lowest BCUT2D eigenvalue weighted by atomic mass is 9.91. The van der Waals surface area contributed by atoms with Crippen molar-refractivity contribution in [3.63, 3.8) is 0 Å². The highest BCUT2D eigenvalue weighted by atomic mass is 16.5. The number of cyclic esters (lactones) is 1. The van der Waals surface area contributed by atoms with E-state index in [0.717, 1.165) is 22.3 Å². The van der Waals surface area contributed by atoms with E-state index in [0.29, 0.717) is 17.0 Å². The molecule has 166 valence electrons. The molecule has 2 aliphatic rings. The third-order valence-electron chi connectivity index (χ3n) is 5.90. The standard InChI is InChI=1S/C25H27N3O4/c1-14(2)17-7-5-6-8-19(17)26-21(29)12-28-20-13-32-24(30)22(20)23(27-25(28)31)18-11-15(3)9-10-16(18)4/h5-11,14,23H,12-13H2,1-4H3,(H,26,29)(H,27,31). The summed E-state index contributed by atoms with van der Waals surface area (Å²) in [6.07, 6.45) is 0. The number of carbonyl (C=O) groups is 3. The van der Waals surface area contributed by atoms with Crippen LogP contribution in [0.15, 0.2) is 53.7 Å². The first-order chi connectivity index (χ1) is 15.3. The molecule has 1 unspecified atom stereocenters. The van der Waals surface area contributed by atoms with Crippen LogP contribution in [0.4, 0.5) is 10.5 Å². The fraction of sp³-hybridized carbons (Fsp3) is 0.320. The molecule has 0 aliphatic carbocycles. The van der Waals surface area contributed by atoms with Crippen LogP contribution in [0.5, 0.6) is 0 Å². The Morgan fingerprint density at radius 2 is 1.94 bits per heavy atom. The molecule has 0 saturated heterocycles. The van der Waals surface area contributed by atoms with Crippen LogP contribution in [0, 0.1) is 13.8 Å². The number of urea groups is 1. The summed E-state index contributed by atoms with van der Waals surface area (Å²) in [6.45, 7) is 7.76. The van der Waals surface area contributed by atoms with E-state index >= 15 is 0 Å². The van der Waals surface area contributed by atoms with E-state index in [4.69, 9.17) is 4.74 Å². The highest BCUT2D eigenvalue weighted by Gasteiger charge is 2.43. The SMILES string of the molecule is Cc1ccc(C)c(C2NC(=O)N(CC(=O)Nc3ccccc3C(C)C)C3=C2C(=O)OC3)c1. The summed E-state index contributed by atoms with van der Waals surface area (Å²) >= 11 is 0. The summed E-state index contributed by atoms with van der Waals surface area (Å²) in [7, 11) is 0. The Labute approximate surface area is 187 Å². The van der Waals surface area contributed by atoms with Gasteiger partial charge in [0, 0.05) is 5.69 Å². The number of carbonyl (C=O) groups excluding carboxylic acids is 3. The molecule has 2 aliphatic heterocycles. The molecule has 2 aromatic rings. The predicted molar refractivity (Wildman–Crippen MR) is 121 cm³/mol. The first kappa shape index (κ1) is 21.6. The average Bonchev–Trinajstić information content (AvgIpc) is 3.13. The first-order valence-corrected chi connectivity index (χ1v) is 10.7. The van der Waals surface area contributed by atoms with Gasteiger partial charge in [0.25, 0.3) is 0 Å². The van der Waals surface area contributed by atoms with Crippen LogP contribution in [0.2, 0.25) is 0 Å². The Morgan fingerprint density at radius 1 is 1.19 bits per heavy atom. The average molecular weight is 434 g/mol. The minimum absolute atomic E-state index is 0.0290. The molecule has 4 rings (SSSR count). The van der Waals surface area contributed by atoms with Crippen LogP contribution in [0.1, 0.15) is 48.1 Å². The summed E-state index contributed by atoms with van der Waals surface area (Å²) in [5.41, 5.74) is 5.39. The topological polar surface area (TPSA) is 87.7 Å². The van der Waals surface area contributed by atoms with E-state index in [9.17, 15) is 14.4 Å². The monoisotopic (exact) mass is 433 g/mol. The summed E-state index contributed by atoms with van der Waals surface area (Å²) in [5, 5.41) is 5.80. The number of hydrogen-bond donors (Lipinski definition) is 2. The molecule has 7 heteroatoms. The highest BCUT2D eigenvalue weighted by molar-refractivity contribution is 6.00. The number of esters is 1. The zero-order chi connectivity index (χ0) is 23.0. The molecule has 3 amide bonds. The molecule has 0 aromatic heterocycles. The maximum absolute atomic E-state index is 13.0. The fourth-order valence-electron chi connectivity index (χ4n) is 4.23. The molecule has 1 atom stereocenters. The van der Waals surface area contributed by atoms with Gasteiger partial charge >= 0.3 is 12.0 Å². The van der Waals surface area contributed by atoms with Crippen molar-refractivity contribution >= 4 is 23.6 Å². The maximum atomic E-state index is 13.0. The number of benzene rings is 2. The van der Waals surface area contributed by atoms with Gasteiger partial charge < -0.3 is 15.4 Å². The van der Waals surface area contributed by atoms with Crippen molar-refractivity contribution in [2.45, 2.75) is 39.7 Å². The van der Waals surface area contributed by atoms with Crippen molar-refractivity contribution in [1.29, 1.82) is 0 Å². The number of ether oxygens (including phenoxy) is 1. The summed E-state index contributed by atoms with van der Waals surface area (Å²) in [6, 6.07) is 12.5. The number of amides is 3. The number of anilines is 1. The van der Waals surface area contributed by atoms with Gasteiger partial charge in [-0.25, -0.2) is 9.59 Å². The van der Waals surface area contributed by atoms with Crippen LogP contribution in [0.25, 0.3) is 0 Å². The maximum Gasteiger partial charge on any atom is 0.338 e. The zero-order valence-corrected chi connectivity index (χ0v) is 18.7. The van der Waals surface area contributed by atoms with Gasteiger partial charge in [-0.2, -0.15) is 0 Å². The molecular weight excluding hydrogens is 406 g/mol. The number of para-hydroxylation sites is 1. The second kappa shape index (κ2) is 8.49. The van der Waals surface area contributed by atoms with Gasteiger partial charge in [0.05, 0.1) is 17.3 Å².